The van der Waals surface area contributed by atoms with E-state index in [2.05, 4.69) is 10.0 Å². The minimum absolute atomic E-state index is 0.00219. The van der Waals surface area contributed by atoms with Crippen LogP contribution in [0.4, 0.5) is 0 Å². The van der Waals surface area contributed by atoms with Crippen LogP contribution in [0.5, 0.6) is 5.75 Å². The maximum atomic E-state index is 12.6. The number of nitrogens with two attached hydrogens (primary N) is 1. The van der Waals surface area contributed by atoms with Crippen LogP contribution in [0, 0.1) is 0 Å². The van der Waals surface area contributed by atoms with Gasteiger partial charge in [-0.1, -0.05) is 17.2 Å². The molecule has 1 amide bonds. The predicted molar refractivity (Wildman–Crippen MR) is 94.9 cm³/mol. The summed E-state index contributed by atoms with van der Waals surface area (Å²) < 4.78 is 10.5. The van der Waals surface area contributed by atoms with Gasteiger partial charge >= 0.3 is 5.97 Å². The molecule has 26 heavy (non-hydrogen) atoms. The third kappa shape index (κ3) is 3.34. The normalized spacial score (nSPS) is 21.5. The summed E-state index contributed by atoms with van der Waals surface area (Å²) in [4.78, 5) is 28.8. The highest BCUT2D eigenvalue weighted by Crippen LogP contribution is 2.39. The molecule has 2 aliphatic heterocycles. The van der Waals surface area contributed by atoms with Crippen molar-refractivity contribution >= 4 is 23.6 Å². The number of nitrogens with zero attached hydrogens (tertiary/aromatic N) is 4. The summed E-state index contributed by atoms with van der Waals surface area (Å²) in [6, 6.07) is 6.46. The molecule has 2 heterocycles. The van der Waals surface area contributed by atoms with Crippen molar-refractivity contribution in [1.82, 2.24) is 4.90 Å². The molecule has 2 N–H and O–H groups in total. The smallest absolute Gasteiger partial charge is 0.355 e. The van der Waals surface area contributed by atoms with Gasteiger partial charge in [0.2, 0.25) is 5.91 Å². The lowest BCUT2D eigenvalue weighted by molar-refractivity contribution is -0.151. The summed E-state index contributed by atoms with van der Waals surface area (Å²) in [5.41, 5.74) is 15.8. The second-order valence-electron chi connectivity index (χ2n) is 5.70. The van der Waals surface area contributed by atoms with Crippen LogP contribution >= 0.6 is 11.8 Å². The average Bonchev–Trinajstić information content (AvgIpc) is 2.69. The number of methoxy groups -OCH3 is 1. The highest BCUT2D eigenvalue weighted by atomic mass is 32.2. The van der Waals surface area contributed by atoms with Crippen molar-refractivity contribution < 1.29 is 19.1 Å². The zero-order valence-corrected chi connectivity index (χ0v) is 14.8. The van der Waals surface area contributed by atoms with Gasteiger partial charge in [0.05, 0.1) is 13.7 Å². The summed E-state index contributed by atoms with van der Waals surface area (Å²) in [5.74, 6) is 0.187. The van der Waals surface area contributed by atoms with Crippen LogP contribution in [0.1, 0.15) is 5.56 Å². The molecule has 136 valence electrons. The number of carbonyl (C=O) groups excluding carboxylic acids is 2. The largest absolute Gasteiger partial charge is 0.497 e. The average molecular weight is 375 g/mol. The summed E-state index contributed by atoms with van der Waals surface area (Å²) in [6.07, 6.45) is 0. The fraction of sp³-hybridized carbons (Fsp3) is 0.375. The van der Waals surface area contributed by atoms with Crippen LogP contribution in [0.3, 0.4) is 0 Å². The molecule has 0 spiro atoms. The molecule has 0 saturated carbocycles. The number of carbonyl (C=O) groups is 2. The number of β-lactam (4-membered cyclic amide) rings is 1. The molecule has 1 aromatic carbocycles. The number of hydrogen-bond acceptors (Lipinski definition) is 7. The van der Waals surface area contributed by atoms with Crippen LogP contribution in [0.15, 0.2) is 40.6 Å². The number of benzene rings is 1. The first-order chi connectivity index (χ1) is 12.6. The van der Waals surface area contributed by atoms with Crippen molar-refractivity contribution in [2.75, 3.05) is 19.4 Å². The lowest BCUT2D eigenvalue weighted by Crippen LogP contribution is -2.68. The molecule has 3 rings (SSSR count). The summed E-state index contributed by atoms with van der Waals surface area (Å²) in [6.45, 7) is 0.0508. The van der Waals surface area contributed by atoms with E-state index >= 15 is 0 Å². The fourth-order valence-corrected chi connectivity index (χ4v) is 4.03. The third-order valence-electron chi connectivity index (χ3n) is 4.14. The molecule has 1 saturated heterocycles. The van der Waals surface area contributed by atoms with Gasteiger partial charge < -0.3 is 15.2 Å². The van der Waals surface area contributed by atoms with E-state index in [0.717, 1.165) is 5.56 Å². The van der Waals surface area contributed by atoms with E-state index in [1.165, 1.54) is 16.7 Å². The molecule has 10 heteroatoms. The maximum absolute atomic E-state index is 12.6. The predicted octanol–water partition coefficient (Wildman–Crippen LogP) is 1.55. The lowest BCUT2D eigenvalue weighted by atomic mass is 10.0. The number of hydrogen-bond donors (Lipinski definition) is 1. The minimum Gasteiger partial charge on any atom is -0.497 e. The van der Waals surface area contributed by atoms with Crippen molar-refractivity contribution in [2.45, 2.75) is 18.0 Å². The topological polar surface area (TPSA) is 131 Å². The Morgan fingerprint density at radius 2 is 2.19 bits per heavy atom. The Kier molecular flexibility index (Phi) is 5.36. The van der Waals surface area contributed by atoms with Crippen molar-refractivity contribution in [2.24, 2.45) is 10.8 Å². The van der Waals surface area contributed by atoms with E-state index in [4.69, 9.17) is 20.7 Å². The quantitative estimate of drug-likeness (QED) is 0.264. The zero-order chi connectivity index (χ0) is 18.7. The van der Waals surface area contributed by atoms with Crippen molar-refractivity contribution in [1.29, 1.82) is 0 Å². The Labute approximate surface area is 153 Å². The van der Waals surface area contributed by atoms with Gasteiger partial charge in [0, 0.05) is 10.7 Å². The number of ether oxygens (including phenoxy) is 2. The molecule has 9 nitrogen and oxygen atoms in total. The Bertz CT molecular complexity index is 803. The molecule has 0 bridgehead atoms. The molecule has 1 aromatic rings. The lowest BCUT2D eigenvalue weighted by Gasteiger charge is -2.48. The number of rotatable bonds is 6. The Morgan fingerprint density at radius 3 is 2.85 bits per heavy atom. The van der Waals surface area contributed by atoms with Gasteiger partial charge in [0.1, 0.15) is 29.5 Å². The van der Waals surface area contributed by atoms with Gasteiger partial charge in [-0.3, -0.25) is 9.69 Å². The monoisotopic (exact) mass is 375 g/mol. The van der Waals surface area contributed by atoms with Crippen molar-refractivity contribution in [3.8, 4) is 5.75 Å². The molecular formula is C16H17N5O4S. The van der Waals surface area contributed by atoms with E-state index < -0.39 is 12.0 Å². The van der Waals surface area contributed by atoms with Crippen LogP contribution in [0.2, 0.25) is 0 Å². The zero-order valence-electron chi connectivity index (χ0n) is 14.0. The third-order valence-corrected chi connectivity index (χ3v) is 5.50. The van der Waals surface area contributed by atoms with Gasteiger partial charge in [-0.25, -0.2) is 4.79 Å². The minimum atomic E-state index is -0.634. The van der Waals surface area contributed by atoms with E-state index in [9.17, 15) is 9.59 Å². The Morgan fingerprint density at radius 1 is 1.46 bits per heavy atom. The van der Waals surface area contributed by atoms with Crippen LogP contribution in [-0.4, -0.2) is 47.6 Å². The van der Waals surface area contributed by atoms with E-state index in [0.29, 0.717) is 17.1 Å². The highest BCUT2D eigenvalue weighted by molar-refractivity contribution is 8.00. The van der Waals surface area contributed by atoms with Crippen LogP contribution < -0.4 is 10.5 Å². The van der Waals surface area contributed by atoms with E-state index in [1.54, 1.807) is 31.4 Å². The molecule has 2 aliphatic rings. The van der Waals surface area contributed by atoms with E-state index in [-0.39, 0.29) is 30.1 Å². The van der Waals surface area contributed by atoms with Gasteiger partial charge in [-0.2, -0.15) is 0 Å². The highest BCUT2D eigenvalue weighted by Gasteiger charge is 2.51. The second-order valence-corrected chi connectivity index (χ2v) is 6.81. The van der Waals surface area contributed by atoms with Crippen LogP contribution in [-0.2, 0) is 20.9 Å². The van der Waals surface area contributed by atoms with Gasteiger partial charge in [0.15, 0.2) is 0 Å². The molecule has 2 atom stereocenters. The molecule has 1 fully saturated rings. The van der Waals surface area contributed by atoms with Gasteiger partial charge in [-0.05, 0) is 28.8 Å². The first kappa shape index (κ1) is 18.1. The van der Waals surface area contributed by atoms with Crippen molar-refractivity contribution in [3.05, 3.63) is 51.5 Å². The summed E-state index contributed by atoms with van der Waals surface area (Å²) >= 11 is 1.44. The molecule has 0 radical (unpaired) electrons. The Balaban J connectivity index is 1.77. The van der Waals surface area contributed by atoms with Gasteiger partial charge in [-0.15, -0.1) is 11.8 Å². The Hall–Kier alpha value is -2.68. The molecule has 0 aliphatic carbocycles. The van der Waals surface area contributed by atoms with Gasteiger partial charge in [0.25, 0.3) is 0 Å². The summed E-state index contributed by atoms with van der Waals surface area (Å²) in [7, 11) is 1.57. The summed E-state index contributed by atoms with van der Waals surface area (Å²) in [5, 5.41) is 3.22. The first-order valence-electron chi connectivity index (χ1n) is 7.80. The fourth-order valence-electron chi connectivity index (χ4n) is 2.75. The number of azide groups is 1. The maximum Gasteiger partial charge on any atom is 0.355 e. The van der Waals surface area contributed by atoms with Crippen molar-refractivity contribution in [3.63, 3.8) is 0 Å². The molecular weight excluding hydrogens is 358 g/mol. The first-order valence-corrected chi connectivity index (χ1v) is 8.85. The number of fused-ring (bicyclic) bond motifs is 1. The number of esters is 1. The van der Waals surface area contributed by atoms with Crippen LogP contribution in [0.25, 0.3) is 10.4 Å². The number of amides is 1. The SMILES string of the molecule is COc1ccc(COC(=O)C2=C(CN=[N+]=[N-])CS[C@@H]3[C@H](N)C(=O)N23)cc1. The standard InChI is InChI=1S/C16H17N5O4S/c1-24-11-4-2-9(3-5-11)7-25-16(23)13-10(6-19-20-18)8-26-15-12(17)14(22)21(13)15/h2-5,12,15H,6-8,17H2,1H3/t12-,15-/m1/s1. The van der Waals surface area contributed by atoms with E-state index in [1.807, 2.05) is 0 Å². The number of thioether (sulfide) groups is 1. The molecule has 0 unspecified atom stereocenters. The second kappa shape index (κ2) is 7.69. The molecule has 0 aromatic heterocycles.